The molecule has 0 radical (unpaired) electrons. The average molecular weight is 426 g/mol. The highest BCUT2D eigenvalue weighted by Crippen LogP contribution is 2.44. The van der Waals surface area contributed by atoms with Crippen molar-refractivity contribution in [1.82, 2.24) is 0 Å². The predicted molar refractivity (Wildman–Crippen MR) is 103 cm³/mol. The monoisotopic (exact) mass is 426 g/mol. The molecule has 1 aliphatic heterocycles. The fraction of sp³-hybridized carbons (Fsp3) is 0.714. The van der Waals surface area contributed by atoms with Crippen LogP contribution in [0.4, 0.5) is 0 Å². The van der Waals surface area contributed by atoms with Crippen LogP contribution in [0.2, 0.25) is 0 Å². The summed E-state index contributed by atoms with van der Waals surface area (Å²) < 4.78 is 10.6. The molecule has 0 aromatic carbocycles. The maximum absolute atomic E-state index is 13.0. The number of carboxylic acid groups (broad SMARTS) is 1. The number of esters is 1. The Morgan fingerprint density at radius 2 is 1.90 bits per heavy atom. The van der Waals surface area contributed by atoms with Crippen LogP contribution in [0, 0.1) is 17.8 Å². The van der Waals surface area contributed by atoms with E-state index in [1.807, 2.05) is 6.92 Å². The number of carbonyl (C=O) groups is 2. The van der Waals surface area contributed by atoms with Crippen LogP contribution in [0.15, 0.2) is 22.8 Å². The molecule has 0 aromatic rings. The van der Waals surface area contributed by atoms with Gasteiger partial charge in [0, 0.05) is 0 Å². The van der Waals surface area contributed by atoms with E-state index in [4.69, 9.17) is 9.47 Å². The lowest BCUT2D eigenvalue weighted by Crippen LogP contribution is -2.59. The fourth-order valence-corrected chi connectivity index (χ4v) is 4.58. The standard InChI is InChI=1S/C21H30O9/c1-9-4-3-5-11-6-14(13(7-12(9)11)10(2)19(26)27)20(28)30-21-18(25)17(24)16(23)15(8-22)29-21/h6,10,13-18,21-25H,3-5,7-8H2,1-2H3,(H,26,27)/t10-,13+,14-,15+,16+,17-,18+,21-/m0/s1. The van der Waals surface area contributed by atoms with Gasteiger partial charge in [-0.05, 0) is 49.7 Å². The third kappa shape index (κ3) is 4.31. The van der Waals surface area contributed by atoms with Crippen LogP contribution in [0.3, 0.4) is 0 Å². The minimum Gasteiger partial charge on any atom is -0.481 e. The lowest BCUT2D eigenvalue weighted by atomic mass is 9.69. The number of rotatable bonds is 5. The number of ether oxygens (including phenoxy) is 2. The Labute approximate surface area is 174 Å². The molecule has 1 saturated heterocycles. The molecule has 0 spiro atoms. The van der Waals surface area contributed by atoms with Crippen molar-refractivity contribution in [1.29, 1.82) is 0 Å². The Kier molecular flexibility index (Phi) is 6.98. The largest absolute Gasteiger partial charge is 0.481 e. The molecular formula is C21H30O9. The molecule has 9 nitrogen and oxygen atoms in total. The second-order valence-corrected chi connectivity index (χ2v) is 8.46. The van der Waals surface area contributed by atoms with Crippen LogP contribution < -0.4 is 0 Å². The molecule has 168 valence electrons. The van der Waals surface area contributed by atoms with E-state index < -0.39 is 67.0 Å². The molecule has 0 saturated carbocycles. The zero-order valence-corrected chi connectivity index (χ0v) is 17.1. The van der Waals surface area contributed by atoms with Gasteiger partial charge in [-0.25, -0.2) is 0 Å². The summed E-state index contributed by atoms with van der Waals surface area (Å²) in [5.41, 5.74) is 3.33. The SMILES string of the molecule is CC1=C2C[C@H]([C@H](C)C(=O)O)[C@@H](C(=O)O[C@@H]3O[C@H](CO)[C@@H](O)[C@H](O)[C@H]3O)C=C2CCC1. The van der Waals surface area contributed by atoms with Crippen LogP contribution in [0.1, 0.15) is 39.5 Å². The Bertz CT molecular complexity index is 741. The Balaban J connectivity index is 1.85. The molecule has 30 heavy (non-hydrogen) atoms. The summed E-state index contributed by atoms with van der Waals surface area (Å²) in [6.07, 6.45) is -2.81. The summed E-state index contributed by atoms with van der Waals surface area (Å²) in [5, 5.41) is 48.8. The number of aliphatic hydroxyl groups is 4. The number of hydrogen-bond acceptors (Lipinski definition) is 8. The summed E-state index contributed by atoms with van der Waals surface area (Å²) in [7, 11) is 0. The maximum Gasteiger partial charge on any atom is 0.315 e. The van der Waals surface area contributed by atoms with Gasteiger partial charge >= 0.3 is 11.9 Å². The number of hydrogen-bond donors (Lipinski definition) is 5. The molecule has 0 aromatic heterocycles. The van der Waals surface area contributed by atoms with Gasteiger partial charge < -0.3 is 35.0 Å². The molecule has 2 aliphatic carbocycles. The minimum absolute atomic E-state index is 0.444. The molecule has 0 bridgehead atoms. The zero-order chi connectivity index (χ0) is 22.2. The summed E-state index contributed by atoms with van der Waals surface area (Å²) in [4.78, 5) is 24.7. The lowest BCUT2D eigenvalue weighted by molar-refractivity contribution is -0.293. The number of aliphatic hydroxyl groups excluding tert-OH is 4. The number of fused-ring (bicyclic) bond motifs is 1. The van der Waals surface area contributed by atoms with Crippen molar-refractivity contribution in [2.24, 2.45) is 17.8 Å². The Morgan fingerprint density at radius 1 is 1.20 bits per heavy atom. The Morgan fingerprint density at radius 3 is 2.53 bits per heavy atom. The molecule has 1 heterocycles. The molecule has 0 amide bonds. The first-order valence-corrected chi connectivity index (χ1v) is 10.3. The van der Waals surface area contributed by atoms with Crippen LogP contribution in [0.25, 0.3) is 0 Å². The van der Waals surface area contributed by atoms with Gasteiger partial charge in [0.2, 0.25) is 6.29 Å². The van der Waals surface area contributed by atoms with Crippen molar-refractivity contribution < 1.29 is 44.6 Å². The summed E-state index contributed by atoms with van der Waals surface area (Å²) in [6, 6.07) is 0. The molecule has 3 aliphatic rings. The van der Waals surface area contributed by atoms with Crippen LogP contribution in [-0.4, -0.2) is 74.8 Å². The lowest BCUT2D eigenvalue weighted by Gasteiger charge is -2.40. The molecule has 0 unspecified atom stereocenters. The molecule has 3 rings (SSSR count). The first-order valence-electron chi connectivity index (χ1n) is 10.3. The van der Waals surface area contributed by atoms with E-state index in [2.05, 4.69) is 0 Å². The van der Waals surface area contributed by atoms with Gasteiger partial charge in [0.25, 0.3) is 0 Å². The highest BCUT2D eigenvalue weighted by Gasteiger charge is 2.47. The van der Waals surface area contributed by atoms with Gasteiger partial charge in [-0.2, -0.15) is 0 Å². The predicted octanol–water partition coefficient (Wildman–Crippen LogP) is 0.113. The highest BCUT2D eigenvalue weighted by molar-refractivity contribution is 5.78. The second-order valence-electron chi connectivity index (χ2n) is 8.46. The van der Waals surface area contributed by atoms with Gasteiger partial charge in [-0.15, -0.1) is 0 Å². The fourth-order valence-electron chi connectivity index (χ4n) is 4.58. The first kappa shape index (κ1) is 22.9. The second kappa shape index (κ2) is 9.15. The van der Waals surface area contributed by atoms with E-state index in [1.165, 1.54) is 5.57 Å². The number of allylic oxidation sites excluding steroid dienone is 3. The molecule has 1 fully saturated rings. The van der Waals surface area contributed by atoms with Gasteiger partial charge in [-0.1, -0.05) is 18.6 Å². The van der Waals surface area contributed by atoms with E-state index in [-0.39, 0.29) is 0 Å². The maximum atomic E-state index is 13.0. The van der Waals surface area contributed by atoms with Crippen molar-refractivity contribution in [3.63, 3.8) is 0 Å². The van der Waals surface area contributed by atoms with Gasteiger partial charge in [-0.3, -0.25) is 9.59 Å². The van der Waals surface area contributed by atoms with Crippen molar-refractivity contribution >= 4 is 11.9 Å². The summed E-state index contributed by atoms with van der Waals surface area (Å²) >= 11 is 0. The topological polar surface area (TPSA) is 154 Å². The van der Waals surface area contributed by atoms with E-state index >= 15 is 0 Å². The van der Waals surface area contributed by atoms with Gasteiger partial charge in [0.15, 0.2) is 0 Å². The zero-order valence-electron chi connectivity index (χ0n) is 17.1. The quantitative estimate of drug-likeness (QED) is 0.385. The molecular weight excluding hydrogens is 396 g/mol. The average Bonchev–Trinajstić information content (AvgIpc) is 2.72. The van der Waals surface area contributed by atoms with Gasteiger partial charge in [0.05, 0.1) is 18.4 Å². The summed E-state index contributed by atoms with van der Waals surface area (Å²) in [6.45, 7) is 2.94. The highest BCUT2D eigenvalue weighted by atomic mass is 16.7. The first-order chi connectivity index (χ1) is 14.1. The van der Waals surface area contributed by atoms with E-state index in [0.717, 1.165) is 30.4 Å². The van der Waals surface area contributed by atoms with Crippen molar-refractivity contribution in [3.05, 3.63) is 22.8 Å². The van der Waals surface area contributed by atoms with E-state index in [0.29, 0.717) is 6.42 Å². The Hall–Kier alpha value is -1.78. The number of aliphatic carboxylic acids is 1. The van der Waals surface area contributed by atoms with Crippen LogP contribution in [0.5, 0.6) is 0 Å². The minimum atomic E-state index is -1.70. The van der Waals surface area contributed by atoms with Crippen LogP contribution >= 0.6 is 0 Å². The third-order valence-corrected chi connectivity index (χ3v) is 6.57. The molecule has 5 N–H and O–H groups in total. The molecule has 9 heteroatoms. The number of carbonyl (C=O) groups excluding carboxylic acids is 1. The smallest absolute Gasteiger partial charge is 0.315 e. The third-order valence-electron chi connectivity index (χ3n) is 6.57. The van der Waals surface area contributed by atoms with Gasteiger partial charge in [0.1, 0.15) is 24.4 Å². The van der Waals surface area contributed by atoms with Crippen molar-refractivity contribution in [2.45, 2.75) is 70.2 Å². The summed E-state index contributed by atoms with van der Waals surface area (Å²) in [5.74, 6) is -3.99. The van der Waals surface area contributed by atoms with E-state index in [9.17, 15) is 35.1 Å². The van der Waals surface area contributed by atoms with Crippen molar-refractivity contribution in [3.8, 4) is 0 Å². The number of carboxylic acids is 1. The normalized spacial score (nSPS) is 37.8. The van der Waals surface area contributed by atoms with Crippen molar-refractivity contribution in [2.75, 3.05) is 6.61 Å². The van der Waals surface area contributed by atoms with E-state index in [1.54, 1.807) is 13.0 Å². The van der Waals surface area contributed by atoms with Crippen LogP contribution in [-0.2, 0) is 19.1 Å². The molecule has 8 atom stereocenters.